The molecule has 0 amide bonds. The fourth-order valence-electron chi connectivity index (χ4n) is 6.79. The van der Waals surface area contributed by atoms with E-state index in [4.69, 9.17) is 4.74 Å². The number of rotatable bonds is 3. The molecular weight excluding hydrogens is 366 g/mol. The number of ether oxygens (including phenoxy) is 1. The number of aromatic hydroxyl groups is 1. The van der Waals surface area contributed by atoms with Crippen molar-refractivity contribution in [2.24, 2.45) is 0 Å². The molecule has 5 heteroatoms. The van der Waals surface area contributed by atoms with E-state index in [2.05, 4.69) is 29.2 Å². The van der Waals surface area contributed by atoms with E-state index < -0.39 is 23.2 Å². The predicted molar refractivity (Wildman–Crippen MR) is 108 cm³/mol. The van der Waals surface area contributed by atoms with Crippen molar-refractivity contribution in [1.29, 1.82) is 0 Å². The molecule has 29 heavy (non-hydrogen) atoms. The smallest absolute Gasteiger partial charge is 0.165 e. The molecular formula is C24H27NO4. The number of aliphatic hydroxyl groups excluding tert-OH is 1. The number of piperidine rings is 1. The first-order chi connectivity index (χ1) is 14.0. The summed E-state index contributed by atoms with van der Waals surface area (Å²) in [4.78, 5) is 2.45. The zero-order valence-electron chi connectivity index (χ0n) is 16.4. The van der Waals surface area contributed by atoms with Crippen LogP contribution in [0.25, 0.3) is 0 Å². The van der Waals surface area contributed by atoms with Gasteiger partial charge in [-0.3, -0.25) is 4.90 Å². The number of nitrogens with zero attached hydrogens (tertiary/aromatic N) is 1. The van der Waals surface area contributed by atoms with Gasteiger partial charge in [-0.2, -0.15) is 0 Å². The van der Waals surface area contributed by atoms with Crippen LogP contribution in [-0.4, -0.2) is 57.2 Å². The normalized spacial score (nSPS) is 37.1. The molecule has 2 aliphatic carbocycles. The Morgan fingerprint density at radius 1 is 1.10 bits per heavy atom. The second kappa shape index (κ2) is 5.97. The van der Waals surface area contributed by atoms with Crippen molar-refractivity contribution in [3.8, 4) is 11.5 Å². The largest absolute Gasteiger partial charge is 0.504 e. The fraction of sp³-hybridized carbons (Fsp3) is 0.500. The summed E-state index contributed by atoms with van der Waals surface area (Å²) < 4.78 is 6.17. The molecule has 3 N–H and O–H groups in total. The third kappa shape index (κ3) is 2.16. The molecule has 2 heterocycles. The van der Waals surface area contributed by atoms with Crippen molar-refractivity contribution in [2.45, 2.75) is 61.4 Å². The van der Waals surface area contributed by atoms with Crippen LogP contribution < -0.4 is 4.74 Å². The van der Waals surface area contributed by atoms with Crippen molar-refractivity contribution in [3.63, 3.8) is 0 Å². The van der Waals surface area contributed by atoms with Gasteiger partial charge in [0.1, 0.15) is 6.10 Å². The van der Waals surface area contributed by atoms with Gasteiger partial charge in [0.25, 0.3) is 0 Å². The van der Waals surface area contributed by atoms with Crippen molar-refractivity contribution < 1.29 is 20.1 Å². The summed E-state index contributed by atoms with van der Waals surface area (Å²) in [7, 11) is 0. The first-order valence-electron chi connectivity index (χ1n) is 10.7. The fourth-order valence-corrected chi connectivity index (χ4v) is 6.79. The maximum absolute atomic E-state index is 12.2. The molecule has 1 saturated heterocycles. The van der Waals surface area contributed by atoms with Gasteiger partial charge in [0.15, 0.2) is 11.5 Å². The molecule has 152 valence electrons. The third-order valence-electron chi connectivity index (χ3n) is 8.07. The predicted octanol–water partition coefficient (Wildman–Crippen LogP) is 2.15. The quantitative estimate of drug-likeness (QED) is 0.745. The summed E-state index contributed by atoms with van der Waals surface area (Å²) in [5.74, 6) is 0.607. The van der Waals surface area contributed by atoms with Gasteiger partial charge in [0, 0.05) is 18.2 Å². The second-order valence-corrected chi connectivity index (χ2v) is 9.23. The van der Waals surface area contributed by atoms with Crippen LogP contribution in [0.5, 0.6) is 11.5 Å². The average Bonchev–Trinajstić information content (AvgIpc) is 3.09. The van der Waals surface area contributed by atoms with Crippen LogP contribution in [0.2, 0.25) is 0 Å². The maximum atomic E-state index is 12.2. The van der Waals surface area contributed by atoms with Crippen LogP contribution in [0, 0.1) is 0 Å². The number of phenols is 1. The van der Waals surface area contributed by atoms with Gasteiger partial charge < -0.3 is 20.1 Å². The Kier molecular flexibility index (Phi) is 3.65. The number of hydrogen-bond acceptors (Lipinski definition) is 5. The van der Waals surface area contributed by atoms with Gasteiger partial charge in [0.2, 0.25) is 0 Å². The molecule has 2 aromatic rings. The lowest BCUT2D eigenvalue weighted by atomic mass is 9.48. The van der Waals surface area contributed by atoms with Crippen LogP contribution >= 0.6 is 0 Å². The average molecular weight is 393 g/mol. The Hall–Kier alpha value is -2.08. The highest BCUT2D eigenvalue weighted by Gasteiger charge is 2.72. The second-order valence-electron chi connectivity index (χ2n) is 9.23. The molecule has 1 unspecified atom stereocenters. The van der Waals surface area contributed by atoms with Crippen molar-refractivity contribution in [2.75, 3.05) is 13.1 Å². The molecule has 2 aromatic carbocycles. The highest BCUT2D eigenvalue weighted by Crippen LogP contribution is 2.65. The van der Waals surface area contributed by atoms with Gasteiger partial charge in [-0.25, -0.2) is 0 Å². The lowest BCUT2D eigenvalue weighted by Gasteiger charge is -2.63. The topological polar surface area (TPSA) is 73.2 Å². The molecule has 5 nitrogen and oxygen atoms in total. The van der Waals surface area contributed by atoms with E-state index in [0.29, 0.717) is 18.6 Å². The molecule has 0 aromatic heterocycles. The van der Waals surface area contributed by atoms with Gasteiger partial charge in [-0.15, -0.1) is 0 Å². The summed E-state index contributed by atoms with van der Waals surface area (Å²) in [6, 6.07) is 14.2. The molecule has 1 spiro atoms. The van der Waals surface area contributed by atoms with Gasteiger partial charge in [-0.1, -0.05) is 36.4 Å². The lowest BCUT2D eigenvalue weighted by Crippen LogP contribution is -2.77. The molecule has 1 saturated carbocycles. The highest BCUT2D eigenvalue weighted by molar-refractivity contribution is 5.62. The Bertz CT molecular complexity index is 963. The monoisotopic (exact) mass is 393 g/mol. The van der Waals surface area contributed by atoms with E-state index in [1.165, 1.54) is 5.56 Å². The Morgan fingerprint density at radius 2 is 1.93 bits per heavy atom. The van der Waals surface area contributed by atoms with Crippen molar-refractivity contribution >= 4 is 0 Å². The van der Waals surface area contributed by atoms with Crippen LogP contribution in [-0.2, 0) is 18.3 Å². The van der Waals surface area contributed by atoms with Crippen molar-refractivity contribution in [1.82, 2.24) is 4.90 Å². The maximum Gasteiger partial charge on any atom is 0.165 e. The lowest BCUT2D eigenvalue weighted by molar-refractivity contribution is -0.207. The Morgan fingerprint density at radius 3 is 2.76 bits per heavy atom. The molecule has 4 aliphatic rings. The van der Waals surface area contributed by atoms with E-state index in [1.54, 1.807) is 6.07 Å². The summed E-state index contributed by atoms with van der Waals surface area (Å²) >= 11 is 0. The molecule has 5 atom stereocenters. The van der Waals surface area contributed by atoms with E-state index in [1.807, 2.05) is 12.1 Å². The minimum Gasteiger partial charge on any atom is -0.504 e. The van der Waals surface area contributed by atoms with Crippen LogP contribution in [0.15, 0.2) is 42.5 Å². The van der Waals surface area contributed by atoms with E-state index in [-0.39, 0.29) is 11.8 Å². The number of aliphatic hydroxyl groups is 2. The van der Waals surface area contributed by atoms with Crippen molar-refractivity contribution in [3.05, 3.63) is 59.2 Å². The van der Waals surface area contributed by atoms with Gasteiger partial charge in [-0.05, 0) is 55.8 Å². The molecule has 2 aliphatic heterocycles. The minimum absolute atomic E-state index is 0.00144. The van der Waals surface area contributed by atoms with Gasteiger partial charge >= 0.3 is 0 Å². The first kappa shape index (κ1) is 17.8. The van der Waals surface area contributed by atoms with E-state index in [0.717, 1.165) is 43.5 Å². The number of hydrogen-bond donors (Lipinski definition) is 3. The van der Waals surface area contributed by atoms with Crippen LogP contribution in [0.4, 0.5) is 0 Å². The van der Waals surface area contributed by atoms with E-state index >= 15 is 0 Å². The summed E-state index contributed by atoms with van der Waals surface area (Å²) in [6.45, 7) is 1.77. The standard InChI is InChI=1S/C24H27NO4/c26-17-7-6-16-14-19-24(28)10-8-18(27)22-23(24,20(16)21(17)29-22)11-13-25(19)12-9-15-4-2-1-3-5-15/h1-7,18-19,22,26-28H,8-14H2/t18?,19-,22+,23+,24-/m1/s1. The molecule has 0 radical (unpaired) electrons. The minimum atomic E-state index is -0.947. The number of phenolic OH excluding ortho intramolecular Hbond substituents is 1. The third-order valence-corrected chi connectivity index (χ3v) is 8.07. The van der Waals surface area contributed by atoms with E-state index in [9.17, 15) is 15.3 Å². The zero-order valence-corrected chi connectivity index (χ0v) is 16.4. The Labute approximate surface area is 170 Å². The van der Waals surface area contributed by atoms with Gasteiger partial charge in [0.05, 0.1) is 17.1 Å². The molecule has 2 bridgehead atoms. The SMILES string of the molecule is Oc1ccc2c3c1O[C@H]1C(O)CC[C@@]4(O)[C@@H](C2)N(CCc2ccccc2)CC[C@]314. The molecule has 6 rings (SSSR count). The first-order valence-corrected chi connectivity index (χ1v) is 10.7. The number of benzene rings is 2. The zero-order chi connectivity index (χ0) is 19.8. The summed E-state index contributed by atoms with van der Waals surface area (Å²) in [6.07, 6.45) is 2.43. The van der Waals surface area contributed by atoms with Crippen LogP contribution in [0.1, 0.15) is 36.0 Å². The Balaban J connectivity index is 1.42. The molecule has 2 fully saturated rings. The summed E-state index contributed by atoms with van der Waals surface area (Å²) in [5, 5.41) is 33.4. The number of likely N-dealkylation sites (tertiary alicyclic amines) is 1. The summed E-state index contributed by atoms with van der Waals surface area (Å²) in [5.41, 5.74) is 1.85. The highest BCUT2D eigenvalue weighted by atomic mass is 16.5. The van der Waals surface area contributed by atoms with Crippen LogP contribution in [0.3, 0.4) is 0 Å².